The van der Waals surface area contributed by atoms with E-state index in [1.165, 1.54) is 60.4 Å². The number of thioether (sulfide) groups is 6. The smallest absolute Gasteiger partial charge is 0.259 e. The van der Waals surface area contributed by atoms with E-state index >= 15 is 0 Å². The summed E-state index contributed by atoms with van der Waals surface area (Å²) in [6.45, 7) is 2.74. The third-order valence-corrected chi connectivity index (χ3v) is 25.6. The molecule has 4 saturated carbocycles. The van der Waals surface area contributed by atoms with E-state index in [1.54, 1.807) is 140 Å². The number of furan rings is 1. The van der Waals surface area contributed by atoms with Crippen LogP contribution in [0.1, 0.15) is 159 Å². The Hall–Kier alpha value is -11.3. The minimum Gasteiger partial charge on any atom is -0.460 e. The summed E-state index contributed by atoms with van der Waals surface area (Å²) in [5, 5.41) is 14.7. The Morgan fingerprint density at radius 1 is 0.367 bits per heavy atom. The zero-order valence-electron chi connectivity index (χ0n) is 65.2. The highest BCUT2D eigenvalue weighted by Gasteiger charge is 2.54. The van der Waals surface area contributed by atoms with Crippen LogP contribution in [-0.2, 0) is 33.6 Å². The average molecular weight is 1760 g/mol. The first-order valence-corrected chi connectivity index (χ1v) is 43.8. The second-order valence-corrected chi connectivity index (χ2v) is 34.6. The summed E-state index contributed by atoms with van der Waals surface area (Å²) in [4.78, 5) is 182. The van der Waals surface area contributed by atoms with Gasteiger partial charge in [0.05, 0.1) is 44.7 Å². The Kier molecular flexibility index (Phi) is 38.2. The van der Waals surface area contributed by atoms with Gasteiger partial charge in [0.1, 0.15) is 0 Å². The van der Waals surface area contributed by atoms with Crippen LogP contribution in [0, 0.1) is 30.1 Å². The third-order valence-electron chi connectivity index (χ3n) is 18.4. The maximum atomic E-state index is 13.3. The summed E-state index contributed by atoms with van der Waals surface area (Å²) < 4.78 is 5.04. The van der Waals surface area contributed by atoms with Crippen LogP contribution in [-0.4, -0.2) is 123 Å². The molecule has 33 heteroatoms. The molecule has 0 radical (unpaired) electrons. The number of hydrogen-bond acceptors (Lipinski definition) is 23. The molecule has 626 valence electrons. The number of aryl methyl sites for hydroxylation is 1. The van der Waals surface area contributed by atoms with Gasteiger partial charge in [-0.2, -0.15) is 0 Å². The highest BCUT2D eigenvalue weighted by atomic mass is 32.2. The lowest BCUT2D eigenvalue weighted by atomic mass is 9.50. The van der Waals surface area contributed by atoms with Crippen molar-refractivity contribution in [1.82, 2.24) is 26.6 Å². The van der Waals surface area contributed by atoms with E-state index in [4.69, 9.17) is 33.1 Å². The lowest BCUT2D eigenvalue weighted by Crippen LogP contribution is -2.49. The van der Waals surface area contributed by atoms with Gasteiger partial charge in [0.15, 0.2) is 10.9 Å². The van der Waals surface area contributed by atoms with Gasteiger partial charge in [-0.15, -0.1) is 23.1 Å². The normalized spacial score (nSPS) is 14.9. The van der Waals surface area contributed by atoms with Gasteiger partial charge in [0.25, 0.3) is 34.7 Å². The van der Waals surface area contributed by atoms with Crippen LogP contribution in [0.4, 0.5) is 0 Å². The zero-order valence-corrected chi connectivity index (χ0v) is 71.0. The van der Waals surface area contributed by atoms with E-state index in [0.29, 0.717) is 86.2 Å². The summed E-state index contributed by atoms with van der Waals surface area (Å²) in [6.07, 6.45) is 8.79. The SMILES string of the molecule is Cc1ccccc1C(=O)Sc1ccccc1C(=O)NCCC(N)=O.NC(=O)CCNC(=O)c1ccccc1SC(=O)C12CC3CC(CC(C3)C1)C2.NC(=O)CCNC(=O)c1ccccc1SC(=O)CSc1ccccc1.NC(=O)CCNC(=O)c1ccccc1SC(=O)c1ccco1.NC(=O)CCNC(=O)c1ccccc1SC(=O)c1cccs1. The monoisotopic (exact) mass is 1750 g/mol. The number of nitrogens with one attached hydrogen (secondary N) is 5. The molecular formula is C87H90N10O16S7. The largest absolute Gasteiger partial charge is 0.460 e. The van der Waals surface area contributed by atoms with Crippen molar-refractivity contribution in [3.63, 3.8) is 0 Å². The van der Waals surface area contributed by atoms with Crippen molar-refractivity contribution in [2.75, 3.05) is 38.5 Å². The molecule has 2 aromatic heterocycles. The van der Waals surface area contributed by atoms with Crippen molar-refractivity contribution in [1.29, 1.82) is 0 Å². The molecule has 0 aliphatic heterocycles. The van der Waals surface area contributed by atoms with Crippen molar-refractivity contribution in [3.8, 4) is 0 Å². The van der Waals surface area contributed by atoms with Gasteiger partial charge >= 0.3 is 0 Å². The molecule has 0 atom stereocenters. The summed E-state index contributed by atoms with van der Waals surface area (Å²) >= 11 is 8.04. The molecule has 9 aromatic rings. The van der Waals surface area contributed by atoms with Crippen molar-refractivity contribution >= 4 is 167 Å². The maximum absolute atomic E-state index is 13.3. The summed E-state index contributed by atoms with van der Waals surface area (Å²) in [6, 6.07) is 58.3. The summed E-state index contributed by atoms with van der Waals surface area (Å²) in [5.74, 6) is -1.32. The van der Waals surface area contributed by atoms with E-state index in [9.17, 15) is 71.9 Å². The van der Waals surface area contributed by atoms with Crippen LogP contribution in [0.25, 0.3) is 0 Å². The number of benzene rings is 7. The number of carbonyl (C=O) groups is 15. The fourth-order valence-electron chi connectivity index (χ4n) is 13.1. The van der Waals surface area contributed by atoms with E-state index in [1.807, 2.05) is 73.0 Å². The molecular weight excluding hydrogens is 1670 g/mol. The molecule has 26 nitrogen and oxygen atoms in total. The van der Waals surface area contributed by atoms with Crippen LogP contribution < -0.4 is 55.3 Å². The molecule has 15 N–H and O–H groups in total. The Morgan fingerprint density at radius 3 is 1.05 bits per heavy atom. The number of hydrogen-bond donors (Lipinski definition) is 10. The zero-order chi connectivity index (χ0) is 86.5. The van der Waals surface area contributed by atoms with Crippen LogP contribution in [0.2, 0.25) is 0 Å². The number of nitrogens with two attached hydrogens (primary N) is 5. The quantitative estimate of drug-likeness (QED) is 0.0175. The molecule has 4 bridgehead atoms. The Balaban J connectivity index is 0.000000187. The number of rotatable bonds is 32. The van der Waals surface area contributed by atoms with E-state index in [-0.39, 0.29) is 131 Å². The molecule has 4 fully saturated rings. The van der Waals surface area contributed by atoms with Gasteiger partial charge in [-0.3, -0.25) is 71.9 Å². The molecule has 7 aromatic carbocycles. The van der Waals surface area contributed by atoms with Crippen molar-refractivity contribution in [3.05, 3.63) is 261 Å². The average Bonchev–Trinajstić information content (AvgIpc) is 0.779. The first kappa shape index (κ1) is 94.2. The minimum atomic E-state index is -0.490. The maximum Gasteiger partial charge on any atom is 0.259 e. The summed E-state index contributed by atoms with van der Waals surface area (Å²) in [5.41, 5.74) is 28.7. The molecule has 0 unspecified atom stereocenters. The first-order valence-electron chi connectivity index (χ1n) is 37.8. The van der Waals surface area contributed by atoms with Crippen LogP contribution in [0.3, 0.4) is 0 Å². The van der Waals surface area contributed by atoms with Gasteiger partial charge < -0.3 is 59.7 Å². The van der Waals surface area contributed by atoms with E-state index in [2.05, 4.69) is 26.6 Å². The van der Waals surface area contributed by atoms with Gasteiger partial charge in [0.2, 0.25) is 44.9 Å². The molecule has 120 heavy (non-hydrogen) atoms. The predicted octanol–water partition coefficient (Wildman–Crippen LogP) is 12.5. The lowest BCUT2D eigenvalue weighted by molar-refractivity contribution is -0.134. The standard InChI is InChI=1S/C21H26N2O3S.C18H18N2O3S2.C18H18N2O3S.C15H14N2O4S.C15H14N2O3S2/c22-18(24)5-6-23-19(25)16-3-1-2-4-17(16)27-20(26)21-10-13-7-14(11-21)9-15(8-13)12-21;19-16(21)10-11-20-18(23)14-8-4-5-9-15(14)25-17(22)12-24-13-6-2-1-3-7-13;1-12-6-2-3-7-13(12)18(23)24-15-9-5-4-8-14(15)17(22)20-11-10-16(19)21;16-13(18)7-8-17-14(19)10-4-1-2-6-12(10)22-15(20)11-5-3-9-21-11;16-13(18)7-8-17-14(19)10-4-1-2-5-11(10)22-15(20)12-6-3-9-21-12/h1-4,13-15H,5-12H2,(H2,22,24)(H,23,25);1-9H,10-12H2,(H2,19,21)(H,20,23);2-9H,10-11H2,1H3,(H2,19,21)(H,20,22);2*1-6,9H,7-8H2,(H2,16,18)(H,17,19). The molecule has 4 aliphatic rings. The Bertz CT molecular complexity index is 4970. The first-order chi connectivity index (χ1) is 57.6. The third kappa shape index (κ3) is 30.8. The topological polar surface area (TPSA) is 459 Å². The van der Waals surface area contributed by atoms with Crippen molar-refractivity contribution in [2.24, 2.45) is 51.8 Å². The highest BCUT2D eigenvalue weighted by Crippen LogP contribution is 2.62. The Labute approximate surface area is 722 Å². The number of thiophene rings is 1. The molecule has 4 aliphatic carbocycles. The summed E-state index contributed by atoms with van der Waals surface area (Å²) in [7, 11) is 0. The van der Waals surface area contributed by atoms with E-state index < -0.39 is 29.5 Å². The van der Waals surface area contributed by atoms with Gasteiger partial charge in [-0.05, 0) is 200 Å². The number of carbonyl (C=O) groups excluding carboxylic acids is 15. The number of amides is 10. The lowest BCUT2D eigenvalue weighted by Gasteiger charge is -2.55. The van der Waals surface area contributed by atoms with Gasteiger partial charge in [-0.1, -0.05) is 133 Å². The van der Waals surface area contributed by atoms with Crippen molar-refractivity contribution < 1.29 is 76.3 Å². The molecule has 0 saturated heterocycles. The second kappa shape index (κ2) is 48.7. The molecule has 10 amide bonds. The molecule has 0 spiro atoms. The Morgan fingerprint density at radius 2 is 0.700 bits per heavy atom. The highest BCUT2D eigenvalue weighted by molar-refractivity contribution is 8.16. The van der Waals surface area contributed by atoms with Crippen LogP contribution in [0.15, 0.2) is 246 Å². The van der Waals surface area contributed by atoms with Crippen LogP contribution >= 0.6 is 81.9 Å². The molecule has 2 heterocycles. The van der Waals surface area contributed by atoms with E-state index in [0.717, 1.165) is 76.8 Å². The fourth-order valence-corrected chi connectivity index (χ4v) is 19.3. The van der Waals surface area contributed by atoms with Gasteiger partial charge in [0, 0.05) is 105 Å². The fraction of sp³-hybridized carbons (Fsp3) is 0.253. The molecule has 13 rings (SSSR count). The predicted molar refractivity (Wildman–Crippen MR) is 467 cm³/mol. The number of primary amides is 5. The van der Waals surface area contributed by atoms with Gasteiger partial charge in [-0.25, -0.2) is 0 Å². The van der Waals surface area contributed by atoms with Crippen LogP contribution in [0.5, 0.6) is 0 Å². The van der Waals surface area contributed by atoms with Crippen molar-refractivity contribution in [2.45, 2.75) is 107 Å². The second-order valence-electron chi connectivity index (χ2n) is 27.4. The minimum absolute atomic E-state index is 0.0359.